The van der Waals surface area contributed by atoms with Gasteiger partial charge in [-0.25, -0.2) is 0 Å². The molecule has 0 saturated heterocycles. The van der Waals surface area contributed by atoms with Crippen molar-refractivity contribution < 1.29 is 0 Å². The molecule has 2 heteroatoms. The van der Waals surface area contributed by atoms with Crippen LogP contribution in [0, 0.1) is 0 Å². The molecular formula is C3H3STe. The van der Waals surface area contributed by atoms with Crippen LogP contribution in [0.3, 0.4) is 0 Å². The second-order valence-electron chi connectivity index (χ2n) is 0.465. The first-order chi connectivity index (χ1) is 2.41. The van der Waals surface area contributed by atoms with E-state index in [2.05, 4.69) is 12.2 Å². The first-order valence-corrected chi connectivity index (χ1v) is 2.95. The Kier molecular flexibility index (Phi) is 5.19. The van der Waals surface area contributed by atoms with Crippen LogP contribution in [-0.2, 0) is 0 Å². The molecule has 1 radical (unpaired) electrons. The molecule has 0 aliphatic heterocycles. The minimum atomic E-state index is 1.59. The normalized spacial score (nSPS) is 8.80. The molecule has 0 aromatic heterocycles. The fourth-order valence-electron chi connectivity index (χ4n) is 0.0321. The third-order valence-electron chi connectivity index (χ3n) is 0.157. The fourth-order valence-corrected chi connectivity index (χ4v) is 0.645. The summed E-state index contributed by atoms with van der Waals surface area (Å²) in [5.41, 5.74) is 0. The van der Waals surface area contributed by atoms with E-state index in [4.69, 9.17) is 0 Å². The summed E-state index contributed by atoms with van der Waals surface area (Å²) in [6.07, 6.45) is 1.82. The van der Waals surface area contributed by atoms with Gasteiger partial charge >= 0.3 is 50.1 Å². The van der Waals surface area contributed by atoms with E-state index >= 15 is 0 Å². The summed E-state index contributed by atoms with van der Waals surface area (Å²) in [6, 6.07) is 0. The molecule has 0 nitrogen and oxygen atoms in total. The summed E-state index contributed by atoms with van der Waals surface area (Å²) < 4.78 is 1.91. The number of rotatable bonds is 1. The zero-order chi connectivity index (χ0) is 4.12. The van der Waals surface area contributed by atoms with E-state index < -0.39 is 0 Å². The summed E-state index contributed by atoms with van der Waals surface area (Å²) in [6.45, 7) is 0. The van der Waals surface area contributed by atoms with Crippen molar-refractivity contribution in [2.75, 3.05) is 0 Å². The SMILES string of the molecule is S=C/C=C\[Te]. The zero-order valence-corrected chi connectivity index (χ0v) is 5.70. The predicted molar refractivity (Wildman–Crippen MR) is 28.5 cm³/mol. The molecule has 0 bridgehead atoms. The minimum absolute atomic E-state index is 1.59. The Labute approximate surface area is 50.2 Å². The molecule has 0 unspecified atom stereocenters. The molecule has 0 heterocycles. The van der Waals surface area contributed by atoms with E-state index in [-0.39, 0.29) is 0 Å². The molecule has 0 saturated carbocycles. The van der Waals surface area contributed by atoms with Crippen LogP contribution in [0.2, 0.25) is 0 Å². The zero-order valence-electron chi connectivity index (χ0n) is 2.55. The van der Waals surface area contributed by atoms with Gasteiger partial charge in [-0.05, 0) is 0 Å². The third-order valence-corrected chi connectivity index (χ3v) is 0.763. The van der Waals surface area contributed by atoms with Crippen LogP contribution in [-0.4, -0.2) is 27.7 Å². The first-order valence-electron chi connectivity index (χ1n) is 1.14. The average Bonchev–Trinajstić information content (AvgIpc) is 1.41. The number of allylic oxidation sites excluding steroid dienone is 1. The molecule has 0 aromatic carbocycles. The van der Waals surface area contributed by atoms with Gasteiger partial charge in [0.15, 0.2) is 0 Å². The average molecular weight is 199 g/mol. The molecule has 0 rings (SSSR count). The van der Waals surface area contributed by atoms with Gasteiger partial charge in [-0.15, -0.1) is 0 Å². The Bertz CT molecular complexity index is 48.9. The molecule has 0 aliphatic carbocycles. The Balaban J connectivity index is 2.92. The maximum absolute atomic E-state index is 4.44. The monoisotopic (exact) mass is 201 g/mol. The van der Waals surface area contributed by atoms with E-state index in [1.807, 2.05) is 32.5 Å². The van der Waals surface area contributed by atoms with Crippen LogP contribution in [0.25, 0.3) is 0 Å². The Morgan fingerprint density at radius 3 is 2.20 bits per heavy atom. The molecule has 0 aliphatic rings. The van der Waals surface area contributed by atoms with Gasteiger partial charge in [-0.3, -0.25) is 0 Å². The van der Waals surface area contributed by atoms with Crippen molar-refractivity contribution in [2.45, 2.75) is 0 Å². The van der Waals surface area contributed by atoms with Gasteiger partial charge in [0, 0.05) is 0 Å². The summed E-state index contributed by atoms with van der Waals surface area (Å²) in [7, 11) is 0. The van der Waals surface area contributed by atoms with E-state index in [0.29, 0.717) is 0 Å². The summed E-state index contributed by atoms with van der Waals surface area (Å²) in [5.74, 6) is 0. The van der Waals surface area contributed by atoms with Crippen LogP contribution < -0.4 is 0 Å². The van der Waals surface area contributed by atoms with Gasteiger partial charge < -0.3 is 0 Å². The number of hydrogen-bond donors (Lipinski definition) is 0. The second-order valence-corrected chi connectivity index (χ2v) is 1.51. The standard InChI is InChI=1S/C3H3STe/c4-2-1-3-5/h1-3H/b3-1-. The van der Waals surface area contributed by atoms with Crippen LogP contribution in [0.1, 0.15) is 0 Å². The maximum atomic E-state index is 4.44. The van der Waals surface area contributed by atoms with Gasteiger partial charge in [0.25, 0.3) is 0 Å². The Morgan fingerprint density at radius 1 is 1.60 bits per heavy atom. The Hall–Kier alpha value is 0.620. The van der Waals surface area contributed by atoms with Crippen LogP contribution in [0.5, 0.6) is 0 Å². The van der Waals surface area contributed by atoms with Crippen LogP contribution in [0.15, 0.2) is 10.2 Å². The quantitative estimate of drug-likeness (QED) is 0.339. The molecule has 0 atom stereocenters. The van der Waals surface area contributed by atoms with Gasteiger partial charge in [0.05, 0.1) is 0 Å². The number of hydrogen-bond acceptors (Lipinski definition) is 1. The summed E-state index contributed by atoms with van der Waals surface area (Å²) in [4.78, 5) is 0. The molecule has 0 amide bonds. The molecule has 0 spiro atoms. The molecular weight excluding hydrogens is 196 g/mol. The van der Waals surface area contributed by atoms with Crippen LogP contribution >= 0.6 is 12.2 Å². The number of thiocarbonyl (C=S) groups is 1. The van der Waals surface area contributed by atoms with E-state index in [1.165, 1.54) is 0 Å². The summed E-state index contributed by atoms with van der Waals surface area (Å²) in [5, 5.41) is 1.59. The fraction of sp³-hybridized carbons (Fsp3) is 0. The van der Waals surface area contributed by atoms with Gasteiger partial charge in [0.1, 0.15) is 0 Å². The van der Waals surface area contributed by atoms with Crippen molar-refractivity contribution in [2.24, 2.45) is 0 Å². The van der Waals surface area contributed by atoms with Gasteiger partial charge in [-0.1, -0.05) is 0 Å². The molecule has 0 N–H and O–H groups in total. The molecule has 0 aromatic rings. The molecule has 0 fully saturated rings. The van der Waals surface area contributed by atoms with Gasteiger partial charge in [0.2, 0.25) is 0 Å². The van der Waals surface area contributed by atoms with E-state index in [1.54, 1.807) is 5.37 Å². The van der Waals surface area contributed by atoms with Crippen molar-refractivity contribution >= 4 is 39.9 Å². The summed E-state index contributed by atoms with van der Waals surface area (Å²) >= 11 is 6.32. The van der Waals surface area contributed by atoms with Gasteiger partial charge in [-0.2, -0.15) is 0 Å². The topological polar surface area (TPSA) is 0 Å². The molecule has 5 heavy (non-hydrogen) atoms. The molecule has 27 valence electrons. The second kappa shape index (κ2) is 4.62. The van der Waals surface area contributed by atoms with Crippen molar-refractivity contribution in [3.05, 3.63) is 10.2 Å². The predicted octanol–water partition coefficient (Wildman–Crippen LogP) is 0.668. The first kappa shape index (κ1) is 5.62. The van der Waals surface area contributed by atoms with Crippen molar-refractivity contribution in [3.63, 3.8) is 0 Å². The van der Waals surface area contributed by atoms with Crippen molar-refractivity contribution in [3.8, 4) is 0 Å². The van der Waals surface area contributed by atoms with Crippen molar-refractivity contribution in [1.29, 1.82) is 0 Å². The van der Waals surface area contributed by atoms with E-state index in [0.717, 1.165) is 0 Å². The third kappa shape index (κ3) is 4.62. The van der Waals surface area contributed by atoms with Crippen molar-refractivity contribution in [1.82, 2.24) is 0 Å². The van der Waals surface area contributed by atoms with Crippen LogP contribution in [0.4, 0.5) is 0 Å². The Morgan fingerprint density at radius 2 is 2.20 bits per heavy atom. The van der Waals surface area contributed by atoms with E-state index in [9.17, 15) is 0 Å².